The molecule has 1 amide bonds. The van der Waals surface area contributed by atoms with E-state index in [2.05, 4.69) is 74.4 Å². The fraction of sp³-hybridized carbons (Fsp3) is 0.409. The van der Waals surface area contributed by atoms with E-state index in [-0.39, 0.29) is 11.3 Å². The van der Waals surface area contributed by atoms with Gasteiger partial charge in [0.15, 0.2) is 0 Å². The SMILES string of the molecule is CN1CCc2ccc(NC(=O)CCc3ccc(C(C)(C)C)cc3)cc21. The Labute approximate surface area is 151 Å². The molecule has 132 valence electrons. The number of benzene rings is 2. The number of amides is 1. The Morgan fingerprint density at radius 3 is 2.52 bits per heavy atom. The van der Waals surface area contributed by atoms with E-state index in [4.69, 9.17) is 0 Å². The molecule has 0 bridgehead atoms. The van der Waals surface area contributed by atoms with Crippen LogP contribution in [0.25, 0.3) is 0 Å². The van der Waals surface area contributed by atoms with Gasteiger partial charge in [0.25, 0.3) is 0 Å². The highest BCUT2D eigenvalue weighted by molar-refractivity contribution is 5.91. The molecule has 3 nitrogen and oxygen atoms in total. The van der Waals surface area contributed by atoms with Crippen LogP contribution < -0.4 is 10.2 Å². The standard InChI is InChI=1S/C22H28N2O/c1-22(2,3)18-9-5-16(6-10-18)7-12-21(25)23-19-11-8-17-13-14-24(4)20(17)15-19/h5-6,8-11,15H,7,12-14H2,1-4H3,(H,23,25). The van der Waals surface area contributed by atoms with Crippen molar-refractivity contribution >= 4 is 17.3 Å². The molecule has 0 aliphatic carbocycles. The molecule has 0 saturated carbocycles. The number of aryl methyl sites for hydroxylation is 1. The molecule has 25 heavy (non-hydrogen) atoms. The minimum Gasteiger partial charge on any atom is -0.374 e. The van der Waals surface area contributed by atoms with Crippen LogP contribution in [0.2, 0.25) is 0 Å². The van der Waals surface area contributed by atoms with Crippen LogP contribution in [0.15, 0.2) is 42.5 Å². The predicted molar refractivity (Wildman–Crippen MR) is 106 cm³/mol. The average Bonchev–Trinajstić information content (AvgIpc) is 2.93. The molecule has 0 spiro atoms. The molecule has 2 aromatic rings. The highest BCUT2D eigenvalue weighted by Crippen LogP contribution is 2.29. The molecule has 0 aromatic heterocycles. The summed E-state index contributed by atoms with van der Waals surface area (Å²) in [6, 6.07) is 14.8. The summed E-state index contributed by atoms with van der Waals surface area (Å²) < 4.78 is 0. The second-order valence-corrected chi connectivity index (χ2v) is 8.01. The van der Waals surface area contributed by atoms with Crippen molar-refractivity contribution in [3.8, 4) is 0 Å². The lowest BCUT2D eigenvalue weighted by atomic mass is 9.86. The quantitative estimate of drug-likeness (QED) is 0.888. The minimum absolute atomic E-state index is 0.0699. The summed E-state index contributed by atoms with van der Waals surface area (Å²) in [6.07, 6.45) is 2.35. The third kappa shape index (κ3) is 4.22. The second-order valence-electron chi connectivity index (χ2n) is 8.01. The molecule has 0 fully saturated rings. The number of hydrogen-bond donors (Lipinski definition) is 1. The lowest BCUT2D eigenvalue weighted by Gasteiger charge is -2.19. The van der Waals surface area contributed by atoms with Crippen molar-refractivity contribution < 1.29 is 4.79 Å². The van der Waals surface area contributed by atoms with E-state index in [9.17, 15) is 4.79 Å². The number of anilines is 2. The van der Waals surface area contributed by atoms with E-state index in [1.807, 2.05) is 6.07 Å². The van der Waals surface area contributed by atoms with E-state index < -0.39 is 0 Å². The predicted octanol–water partition coefficient (Wildman–Crippen LogP) is 4.55. The molecule has 1 heterocycles. The molecule has 2 aromatic carbocycles. The van der Waals surface area contributed by atoms with E-state index in [0.29, 0.717) is 6.42 Å². The largest absolute Gasteiger partial charge is 0.374 e. The highest BCUT2D eigenvalue weighted by atomic mass is 16.1. The summed E-state index contributed by atoms with van der Waals surface area (Å²) in [5.74, 6) is 0.0699. The van der Waals surface area contributed by atoms with E-state index in [1.54, 1.807) is 0 Å². The normalized spacial score (nSPS) is 13.7. The van der Waals surface area contributed by atoms with Gasteiger partial charge in [0.05, 0.1) is 0 Å². The molecular formula is C22H28N2O. The smallest absolute Gasteiger partial charge is 0.224 e. The maximum absolute atomic E-state index is 12.3. The van der Waals surface area contributed by atoms with Crippen LogP contribution in [0, 0.1) is 0 Å². The van der Waals surface area contributed by atoms with Crippen LogP contribution in [-0.4, -0.2) is 19.5 Å². The van der Waals surface area contributed by atoms with Crippen molar-refractivity contribution in [3.63, 3.8) is 0 Å². The number of likely N-dealkylation sites (N-methyl/N-ethyl adjacent to an activating group) is 1. The Bertz CT molecular complexity index is 757. The number of nitrogens with one attached hydrogen (secondary N) is 1. The number of carbonyl (C=O) groups is 1. The van der Waals surface area contributed by atoms with Gasteiger partial charge in [0.1, 0.15) is 0 Å². The van der Waals surface area contributed by atoms with Gasteiger partial charge in [-0.2, -0.15) is 0 Å². The zero-order chi connectivity index (χ0) is 18.0. The van der Waals surface area contributed by atoms with Gasteiger partial charge in [-0.25, -0.2) is 0 Å². The monoisotopic (exact) mass is 336 g/mol. The van der Waals surface area contributed by atoms with Crippen LogP contribution in [0.1, 0.15) is 43.9 Å². The molecule has 1 aliphatic rings. The summed E-state index contributed by atoms with van der Waals surface area (Å²) in [6.45, 7) is 7.69. The Morgan fingerprint density at radius 2 is 1.84 bits per heavy atom. The van der Waals surface area contributed by atoms with Gasteiger partial charge >= 0.3 is 0 Å². The first-order valence-electron chi connectivity index (χ1n) is 9.06. The Kier molecular flexibility index (Phi) is 4.85. The first kappa shape index (κ1) is 17.5. The van der Waals surface area contributed by atoms with Crippen LogP contribution in [-0.2, 0) is 23.1 Å². The fourth-order valence-corrected chi connectivity index (χ4v) is 3.27. The lowest BCUT2D eigenvalue weighted by Crippen LogP contribution is -2.14. The maximum atomic E-state index is 12.3. The number of nitrogens with zero attached hydrogens (tertiary/aromatic N) is 1. The van der Waals surface area contributed by atoms with Gasteiger partial charge in [0, 0.05) is 31.4 Å². The van der Waals surface area contributed by atoms with Gasteiger partial charge in [-0.15, -0.1) is 0 Å². The summed E-state index contributed by atoms with van der Waals surface area (Å²) >= 11 is 0. The van der Waals surface area contributed by atoms with Crippen molar-refractivity contribution in [2.75, 3.05) is 23.8 Å². The van der Waals surface area contributed by atoms with Gasteiger partial charge in [-0.1, -0.05) is 51.1 Å². The van der Waals surface area contributed by atoms with Gasteiger partial charge in [0.2, 0.25) is 5.91 Å². The fourth-order valence-electron chi connectivity index (χ4n) is 3.27. The molecule has 3 rings (SSSR count). The average molecular weight is 336 g/mol. The maximum Gasteiger partial charge on any atom is 0.224 e. The summed E-state index contributed by atoms with van der Waals surface area (Å²) in [4.78, 5) is 14.5. The van der Waals surface area contributed by atoms with Gasteiger partial charge in [-0.3, -0.25) is 4.79 Å². The first-order chi connectivity index (χ1) is 11.8. The highest BCUT2D eigenvalue weighted by Gasteiger charge is 2.16. The molecule has 0 radical (unpaired) electrons. The summed E-state index contributed by atoms with van der Waals surface area (Å²) in [7, 11) is 2.10. The number of carbonyl (C=O) groups excluding carboxylic acids is 1. The van der Waals surface area contributed by atoms with E-state index >= 15 is 0 Å². The molecule has 1 N–H and O–H groups in total. The zero-order valence-corrected chi connectivity index (χ0v) is 15.7. The zero-order valence-electron chi connectivity index (χ0n) is 15.7. The van der Waals surface area contributed by atoms with Crippen LogP contribution in [0.5, 0.6) is 0 Å². The van der Waals surface area contributed by atoms with Gasteiger partial charge < -0.3 is 10.2 Å². The van der Waals surface area contributed by atoms with Crippen molar-refractivity contribution in [3.05, 3.63) is 59.2 Å². The van der Waals surface area contributed by atoms with Crippen molar-refractivity contribution in [2.45, 2.75) is 45.4 Å². The Hall–Kier alpha value is -2.29. The molecule has 3 heteroatoms. The number of fused-ring (bicyclic) bond motifs is 1. The topological polar surface area (TPSA) is 32.3 Å². The van der Waals surface area contributed by atoms with Crippen LogP contribution in [0.3, 0.4) is 0 Å². The minimum atomic E-state index is 0.0699. The second kappa shape index (κ2) is 6.91. The third-order valence-corrected chi connectivity index (χ3v) is 4.96. The van der Waals surface area contributed by atoms with E-state index in [0.717, 1.165) is 25.1 Å². The Morgan fingerprint density at radius 1 is 1.12 bits per heavy atom. The summed E-state index contributed by atoms with van der Waals surface area (Å²) in [5, 5.41) is 3.03. The molecular weight excluding hydrogens is 308 g/mol. The van der Waals surface area contributed by atoms with Crippen LogP contribution in [0.4, 0.5) is 11.4 Å². The third-order valence-electron chi connectivity index (χ3n) is 4.96. The first-order valence-corrected chi connectivity index (χ1v) is 9.06. The number of hydrogen-bond acceptors (Lipinski definition) is 2. The Balaban J connectivity index is 1.56. The van der Waals surface area contributed by atoms with Crippen molar-refractivity contribution in [1.29, 1.82) is 0 Å². The molecule has 0 unspecified atom stereocenters. The molecule has 0 saturated heterocycles. The molecule has 0 atom stereocenters. The van der Waals surface area contributed by atoms with Crippen LogP contribution >= 0.6 is 0 Å². The number of rotatable bonds is 4. The van der Waals surface area contributed by atoms with Gasteiger partial charge in [-0.05, 0) is 47.1 Å². The van der Waals surface area contributed by atoms with E-state index in [1.165, 1.54) is 22.4 Å². The van der Waals surface area contributed by atoms with Crippen molar-refractivity contribution in [1.82, 2.24) is 0 Å². The lowest BCUT2D eigenvalue weighted by molar-refractivity contribution is -0.116. The van der Waals surface area contributed by atoms with Crippen molar-refractivity contribution in [2.24, 2.45) is 0 Å². The molecule has 1 aliphatic heterocycles. The summed E-state index contributed by atoms with van der Waals surface area (Å²) in [5.41, 5.74) is 6.17.